The highest BCUT2D eigenvalue weighted by molar-refractivity contribution is 7.99. The van der Waals surface area contributed by atoms with E-state index in [0.29, 0.717) is 37.3 Å². The van der Waals surface area contributed by atoms with Crippen LogP contribution in [0.15, 0.2) is 77.0 Å². The molecule has 48 heavy (non-hydrogen) atoms. The highest BCUT2D eigenvalue weighted by Gasteiger charge is 2.52. The SMILES string of the molecule is CSC1OC(CO[Si](c2ccccc2)(c2ccccc2)C(C)(C)C)[C@@H](OC2CCCCO2)[C@H](C)[C@@H]1N=C(C)C1=C(O)CC(C)(C)CC1=O. The number of Topliss-reactive ketones (excluding diaryl/α,β-unsaturated/α-hetero) is 1. The average molecular weight is 694 g/mol. The number of aliphatic hydroxyl groups excluding tert-OH is 1. The van der Waals surface area contributed by atoms with Crippen LogP contribution in [0.4, 0.5) is 0 Å². The second-order valence-corrected chi connectivity index (χ2v) is 20.7. The number of allylic oxidation sites excluding steroid dienone is 2. The van der Waals surface area contributed by atoms with Crippen LogP contribution in [-0.2, 0) is 23.4 Å². The van der Waals surface area contributed by atoms with E-state index < -0.39 is 8.32 Å². The van der Waals surface area contributed by atoms with Gasteiger partial charge in [-0.25, -0.2) is 0 Å². The fourth-order valence-corrected chi connectivity index (χ4v) is 13.2. The van der Waals surface area contributed by atoms with Gasteiger partial charge in [-0.2, -0.15) is 0 Å². The molecule has 3 unspecified atom stereocenters. The molecule has 3 aliphatic rings. The van der Waals surface area contributed by atoms with Crippen molar-refractivity contribution >= 4 is 41.9 Å². The minimum atomic E-state index is -2.83. The van der Waals surface area contributed by atoms with Gasteiger partial charge in [0.1, 0.15) is 17.3 Å². The van der Waals surface area contributed by atoms with Crippen molar-refractivity contribution in [2.24, 2.45) is 16.3 Å². The van der Waals surface area contributed by atoms with Crippen molar-refractivity contribution < 1.29 is 28.5 Å². The summed E-state index contributed by atoms with van der Waals surface area (Å²) in [6.45, 7) is 15.9. The van der Waals surface area contributed by atoms with Gasteiger partial charge in [0.15, 0.2) is 12.1 Å². The van der Waals surface area contributed by atoms with Crippen LogP contribution in [0, 0.1) is 11.3 Å². The first-order valence-corrected chi connectivity index (χ1v) is 20.7. The van der Waals surface area contributed by atoms with Gasteiger partial charge in [-0.1, -0.05) is 102 Å². The highest BCUT2D eigenvalue weighted by Crippen LogP contribution is 2.41. The lowest BCUT2D eigenvalue weighted by molar-refractivity contribution is -0.245. The minimum Gasteiger partial charge on any atom is -0.511 e. The number of carbonyl (C=O) groups is 1. The van der Waals surface area contributed by atoms with E-state index in [2.05, 4.69) is 88.4 Å². The summed E-state index contributed by atoms with van der Waals surface area (Å²) in [6.07, 6.45) is 4.72. The third-order valence-corrected chi connectivity index (χ3v) is 16.0. The monoisotopic (exact) mass is 693 g/mol. The molecule has 9 heteroatoms. The van der Waals surface area contributed by atoms with Crippen LogP contribution in [-0.4, -0.2) is 74.4 Å². The molecule has 1 N–H and O–H groups in total. The van der Waals surface area contributed by atoms with Crippen LogP contribution < -0.4 is 10.4 Å². The maximum absolute atomic E-state index is 13.2. The number of hydrogen-bond donors (Lipinski definition) is 1. The number of ketones is 1. The molecule has 0 aromatic heterocycles. The van der Waals surface area contributed by atoms with E-state index in [9.17, 15) is 9.90 Å². The second kappa shape index (κ2) is 15.3. The van der Waals surface area contributed by atoms with Gasteiger partial charge < -0.3 is 23.7 Å². The Morgan fingerprint density at radius 3 is 2.19 bits per heavy atom. The van der Waals surface area contributed by atoms with Crippen LogP contribution in [0.25, 0.3) is 0 Å². The largest absolute Gasteiger partial charge is 0.511 e. The number of thioether (sulfide) groups is 1. The van der Waals surface area contributed by atoms with E-state index in [4.69, 9.17) is 23.6 Å². The number of benzene rings is 2. The molecule has 0 spiro atoms. The van der Waals surface area contributed by atoms with Crippen molar-refractivity contribution in [1.29, 1.82) is 0 Å². The van der Waals surface area contributed by atoms with Crippen LogP contribution in [0.1, 0.15) is 80.6 Å². The first-order chi connectivity index (χ1) is 22.8. The summed E-state index contributed by atoms with van der Waals surface area (Å²) < 4.78 is 27.2. The zero-order valence-electron chi connectivity index (χ0n) is 30.0. The fraction of sp³-hybridized carbons (Fsp3) is 0.590. The van der Waals surface area contributed by atoms with E-state index in [0.717, 1.165) is 19.3 Å². The smallest absolute Gasteiger partial charge is 0.261 e. The Balaban J connectivity index is 1.51. The Morgan fingerprint density at radius 1 is 1.04 bits per heavy atom. The van der Waals surface area contributed by atoms with Crippen LogP contribution in [0.3, 0.4) is 0 Å². The number of aliphatic hydroxyl groups is 1. The molecule has 262 valence electrons. The molecule has 0 radical (unpaired) electrons. The number of carbonyl (C=O) groups excluding carboxylic acids is 1. The predicted octanol–water partition coefficient (Wildman–Crippen LogP) is 7.23. The summed E-state index contributed by atoms with van der Waals surface area (Å²) in [7, 11) is -2.83. The van der Waals surface area contributed by atoms with Gasteiger partial charge in [-0.15, -0.1) is 11.8 Å². The van der Waals surface area contributed by atoms with Gasteiger partial charge in [0.25, 0.3) is 8.32 Å². The first kappa shape index (κ1) is 37.0. The van der Waals surface area contributed by atoms with E-state index in [1.54, 1.807) is 11.8 Å². The zero-order chi connectivity index (χ0) is 34.7. The van der Waals surface area contributed by atoms with Crippen LogP contribution in [0.5, 0.6) is 0 Å². The summed E-state index contributed by atoms with van der Waals surface area (Å²) in [5, 5.41) is 13.2. The van der Waals surface area contributed by atoms with Crippen molar-refractivity contribution in [3.05, 3.63) is 72.0 Å². The van der Waals surface area contributed by atoms with Gasteiger partial charge in [0, 0.05) is 31.1 Å². The van der Waals surface area contributed by atoms with Crippen molar-refractivity contribution in [1.82, 2.24) is 0 Å². The topological polar surface area (TPSA) is 86.6 Å². The molecule has 2 saturated heterocycles. The second-order valence-electron chi connectivity index (χ2n) is 15.5. The summed E-state index contributed by atoms with van der Waals surface area (Å²) in [4.78, 5) is 18.4. The molecular formula is C39H55NO6SSi. The van der Waals surface area contributed by atoms with E-state index >= 15 is 0 Å². The molecule has 2 aliphatic heterocycles. The predicted molar refractivity (Wildman–Crippen MR) is 198 cm³/mol. The Bertz CT molecular complexity index is 1410. The van der Waals surface area contributed by atoms with Gasteiger partial charge in [0.2, 0.25) is 0 Å². The Labute approximate surface area is 293 Å². The van der Waals surface area contributed by atoms with Crippen molar-refractivity contribution in [3.8, 4) is 0 Å². The van der Waals surface area contributed by atoms with Crippen LogP contribution >= 0.6 is 11.8 Å². The van der Waals surface area contributed by atoms with E-state index in [1.807, 2.05) is 27.0 Å². The van der Waals surface area contributed by atoms with E-state index in [-0.39, 0.29) is 57.9 Å². The third kappa shape index (κ3) is 7.87. The number of nitrogens with zero attached hydrogens (tertiary/aromatic N) is 1. The van der Waals surface area contributed by atoms with Crippen molar-refractivity contribution in [3.63, 3.8) is 0 Å². The average Bonchev–Trinajstić information content (AvgIpc) is 3.04. The number of rotatable bonds is 10. The van der Waals surface area contributed by atoms with Crippen LogP contribution in [0.2, 0.25) is 5.04 Å². The minimum absolute atomic E-state index is 0.0601. The molecule has 5 rings (SSSR count). The molecule has 2 aromatic carbocycles. The van der Waals surface area contributed by atoms with Gasteiger partial charge in [-0.05, 0) is 53.3 Å². The molecule has 0 amide bonds. The van der Waals surface area contributed by atoms with E-state index in [1.165, 1.54) is 10.4 Å². The Morgan fingerprint density at radius 2 is 1.67 bits per heavy atom. The molecule has 6 atom stereocenters. The molecule has 2 fully saturated rings. The first-order valence-electron chi connectivity index (χ1n) is 17.5. The molecule has 1 aliphatic carbocycles. The normalized spacial score (nSPS) is 28.8. The highest BCUT2D eigenvalue weighted by atomic mass is 32.2. The maximum Gasteiger partial charge on any atom is 0.261 e. The summed E-state index contributed by atoms with van der Waals surface area (Å²) >= 11 is 1.61. The molecule has 2 heterocycles. The molecule has 0 bridgehead atoms. The number of hydrogen-bond acceptors (Lipinski definition) is 8. The lowest BCUT2D eigenvalue weighted by Crippen LogP contribution is -2.68. The van der Waals surface area contributed by atoms with Crippen molar-refractivity contribution in [2.75, 3.05) is 19.5 Å². The molecule has 2 aromatic rings. The summed E-state index contributed by atoms with van der Waals surface area (Å²) in [5.74, 6) is -0.0139. The molecular weight excluding hydrogens is 639 g/mol. The van der Waals surface area contributed by atoms with Gasteiger partial charge in [-0.3, -0.25) is 9.79 Å². The summed E-state index contributed by atoms with van der Waals surface area (Å²) in [6, 6.07) is 21.0. The lowest BCUT2D eigenvalue weighted by Gasteiger charge is -2.48. The fourth-order valence-electron chi connectivity index (χ4n) is 7.78. The Hall–Kier alpha value is -2.27. The van der Waals surface area contributed by atoms with Gasteiger partial charge in [0.05, 0.1) is 24.3 Å². The molecule has 0 saturated carbocycles. The summed E-state index contributed by atoms with van der Waals surface area (Å²) in [5.41, 5.74) is 0.340. The zero-order valence-corrected chi connectivity index (χ0v) is 31.8. The third-order valence-electron chi connectivity index (χ3n) is 10.1. The maximum atomic E-state index is 13.2. The molecule has 7 nitrogen and oxygen atoms in total. The Kier molecular flexibility index (Phi) is 11.8. The van der Waals surface area contributed by atoms with Gasteiger partial charge >= 0.3 is 0 Å². The lowest BCUT2D eigenvalue weighted by atomic mass is 9.75. The number of aliphatic imine (C=N–C) groups is 1. The standard InChI is InChI=1S/C39H55NO6SSi/c1-26-35(40-27(2)34-30(41)23-39(6,7)24-31(34)42)37(47-8)45-32(36(26)46-33-21-15-16-22-43-33)25-44-48(38(3,4)5,28-17-11-9-12-18-28)29-19-13-10-14-20-29/h9-14,17-20,26,32-33,35-37,41H,15-16,21-25H2,1-8H3/t26-,32?,33?,35+,36+,37?/m1/s1. The quantitative estimate of drug-likeness (QED) is 0.208. The van der Waals surface area contributed by atoms with Crippen molar-refractivity contribution in [2.45, 2.75) is 116 Å². The number of ether oxygens (including phenoxy) is 3.